The van der Waals surface area contributed by atoms with Crippen molar-refractivity contribution in [2.75, 3.05) is 18.0 Å². The Balaban J connectivity index is 2.30. The highest BCUT2D eigenvalue weighted by atomic mass is 19.4. The molecule has 1 aromatic carbocycles. The summed E-state index contributed by atoms with van der Waals surface area (Å²) in [5.74, 6) is 0. The van der Waals surface area contributed by atoms with Gasteiger partial charge in [-0.15, -0.1) is 0 Å². The Kier molecular flexibility index (Phi) is 2.74. The summed E-state index contributed by atoms with van der Waals surface area (Å²) >= 11 is 0. The predicted octanol–water partition coefficient (Wildman–Crippen LogP) is 2.15. The van der Waals surface area contributed by atoms with Crippen molar-refractivity contribution < 1.29 is 18.3 Å². The number of rotatable bonds is 1. The molecule has 0 atom stereocenters. The van der Waals surface area contributed by atoms with E-state index in [1.54, 1.807) is 17.9 Å². The number of aliphatic hydroxyl groups is 1. The highest BCUT2D eigenvalue weighted by molar-refractivity contribution is 5.57. The first-order valence-electron chi connectivity index (χ1n) is 5.32. The molecule has 0 aliphatic carbocycles. The van der Waals surface area contributed by atoms with Gasteiger partial charge in [0.15, 0.2) is 0 Å². The van der Waals surface area contributed by atoms with Gasteiger partial charge in [-0.3, -0.25) is 0 Å². The van der Waals surface area contributed by atoms with Crippen LogP contribution in [0.15, 0.2) is 18.2 Å². The van der Waals surface area contributed by atoms with E-state index >= 15 is 0 Å². The molecule has 3 nitrogen and oxygen atoms in total. The number of hydrogen-bond acceptors (Lipinski definition) is 3. The number of alkyl halides is 3. The van der Waals surface area contributed by atoms with Crippen molar-refractivity contribution in [2.24, 2.45) is 0 Å². The minimum Gasteiger partial charge on any atom is -0.386 e. The number of β-amino-alcohol motifs (C(OH)–C–C–N with tert-alkyl or cyclic N) is 1. The van der Waals surface area contributed by atoms with E-state index < -0.39 is 22.9 Å². The second-order valence-corrected chi connectivity index (χ2v) is 4.69. The van der Waals surface area contributed by atoms with Gasteiger partial charge in [0.25, 0.3) is 0 Å². The van der Waals surface area contributed by atoms with E-state index in [1.807, 2.05) is 0 Å². The molecule has 1 N–H and O–H groups in total. The van der Waals surface area contributed by atoms with E-state index in [0.717, 1.165) is 6.07 Å². The van der Waals surface area contributed by atoms with Gasteiger partial charge >= 0.3 is 6.18 Å². The van der Waals surface area contributed by atoms with Crippen LogP contribution in [-0.2, 0) is 6.18 Å². The molecule has 1 aliphatic rings. The van der Waals surface area contributed by atoms with Crippen LogP contribution >= 0.6 is 0 Å². The Morgan fingerprint density at radius 1 is 1.39 bits per heavy atom. The Hall–Kier alpha value is -1.74. The zero-order chi connectivity index (χ0) is 13.6. The van der Waals surface area contributed by atoms with Crippen LogP contribution in [0.3, 0.4) is 0 Å². The summed E-state index contributed by atoms with van der Waals surface area (Å²) in [4.78, 5) is 1.72. The molecule has 1 aromatic rings. The summed E-state index contributed by atoms with van der Waals surface area (Å²) in [7, 11) is 0. The highest BCUT2D eigenvalue weighted by Gasteiger charge is 2.38. The third kappa shape index (κ3) is 2.27. The molecule has 1 fully saturated rings. The van der Waals surface area contributed by atoms with Gasteiger partial charge in [-0.05, 0) is 25.1 Å². The van der Waals surface area contributed by atoms with Crippen molar-refractivity contribution in [3.8, 4) is 6.07 Å². The maximum atomic E-state index is 12.6. The molecule has 2 rings (SSSR count). The molecule has 0 spiro atoms. The lowest BCUT2D eigenvalue weighted by molar-refractivity contribution is -0.137. The molecular formula is C12H11F3N2O. The third-order valence-electron chi connectivity index (χ3n) is 2.86. The van der Waals surface area contributed by atoms with Gasteiger partial charge in [0.05, 0.1) is 22.8 Å². The Bertz CT molecular complexity index is 509. The number of benzene rings is 1. The first kappa shape index (κ1) is 12.7. The second kappa shape index (κ2) is 3.89. The highest BCUT2D eigenvalue weighted by Crippen LogP contribution is 2.35. The van der Waals surface area contributed by atoms with Crippen LogP contribution in [0, 0.1) is 11.3 Å². The van der Waals surface area contributed by atoms with Crippen LogP contribution in [0.25, 0.3) is 0 Å². The normalized spacial score (nSPS) is 18.1. The predicted molar refractivity (Wildman–Crippen MR) is 59.0 cm³/mol. The Morgan fingerprint density at radius 2 is 2.00 bits per heavy atom. The Morgan fingerprint density at radius 3 is 2.44 bits per heavy atom. The first-order chi connectivity index (χ1) is 8.23. The average Bonchev–Trinajstić information content (AvgIpc) is 2.23. The maximum Gasteiger partial charge on any atom is 0.417 e. The monoisotopic (exact) mass is 256 g/mol. The van der Waals surface area contributed by atoms with Gasteiger partial charge in [0.1, 0.15) is 0 Å². The van der Waals surface area contributed by atoms with Crippen LogP contribution in [-0.4, -0.2) is 23.8 Å². The van der Waals surface area contributed by atoms with Gasteiger partial charge < -0.3 is 10.0 Å². The van der Waals surface area contributed by atoms with Crippen LogP contribution in [0.2, 0.25) is 0 Å². The van der Waals surface area contributed by atoms with Crippen LogP contribution in [0.1, 0.15) is 18.1 Å². The number of halogens is 3. The molecule has 0 saturated carbocycles. The van der Waals surface area contributed by atoms with E-state index in [9.17, 15) is 18.3 Å². The topological polar surface area (TPSA) is 47.3 Å². The number of nitrogens with zero attached hydrogens (tertiary/aromatic N) is 2. The minimum absolute atomic E-state index is 0.350. The van der Waals surface area contributed by atoms with Gasteiger partial charge in [0.2, 0.25) is 0 Å². The largest absolute Gasteiger partial charge is 0.417 e. The quantitative estimate of drug-likeness (QED) is 0.837. The van der Waals surface area contributed by atoms with Crippen molar-refractivity contribution >= 4 is 5.69 Å². The summed E-state index contributed by atoms with van der Waals surface area (Å²) in [5, 5.41) is 18.3. The molecule has 0 aromatic heterocycles. The minimum atomic E-state index is -4.52. The lowest BCUT2D eigenvalue weighted by Crippen LogP contribution is -2.60. The second-order valence-electron chi connectivity index (χ2n) is 4.69. The molecule has 1 saturated heterocycles. The lowest BCUT2D eigenvalue weighted by Gasteiger charge is -2.45. The molecule has 0 radical (unpaired) electrons. The standard InChI is InChI=1S/C12H11F3N2O/c1-11(18)6-17(7-11)9-2-3-10(12(13,14)15)8(4-9)5-16/h2-4,18H,6-7H2,1H3. The van der Waals surface area contributed by atoms with Crippen molar-refractivity contribution in [1.82, 2.24) is 0 Å². The average molecular weight is 256 g/mol. The third-order valence-corrected chi connectivity index (χ3v) is 2.86. The van der Waals surface area contributed by atoms with Crippen molar-refractivity contribution in [3.63, 3.8) is 0 Å². The fourth-order valence-corrected chi connectivity index (χ4v) is 2.03. The van der Waals surface area contributed by atoms with E-state index in [-0.39, 0.29) is 0 Å². The van der Waals surface area contributed by atoms with E-state index in [1.165, 1.54) is 12.1 Å². The molecule has 96 valence electrons. The van der Waals surface area contributed by atoms with E-state index in [2.05, 4.69) is 0 Å². The molecule has 0 unspecified atom stereocenters. The lowest BCUT2D eigenvalue weighted by atomic mass is 9.95. The SMILES string of the molecule is CC1(O)CN(c2ccc(C(F)(F)F)c(C#N)c2)C1. The first-order valence-corrected chi connectivity index (χ1v) is 5.32. The van der Waals surface area contributed by atoms with Gasteiger partial charge in [-0.2, -0.15) is 18.4 Å². The number of nitriles is 1. The molecule has 1 heterocycles. The van der Waals surface area contributed by atoms with Crippen LogP contribution < -0.4 is 4.90 Å². The summed E-state index contributed by atoms with van der Waals surface area (Å²) in [6, 6.07) is 4.99. The van der Waals surface area contributed by atoms with Crippen molar-refractivity contribution in [1.29, 1.82) is 5.26 Å². The van der Waals surface area contributed by atoms with Gasteiger partial charge in [-0.1, -0.05) is 0 Å². The number of hydrogen-bond donors (Lipinski definition) is 1. The summed E-state index contributed by atoms with van der Waals surface area (Å²) < 4.78 is 37.7. The summed E-state index contributed by atoms with van der Waals surface area (Å²) in [6.45, 7) is 2.35. The molecule has 0 amide bonds. The molecule has 18 heavy (non-hydrogen) atoms. The van der Waals surface area contributed by atoms with E-state index in [0.29, 0.717) is 18.8 Å². The fraction of sp³-hybridized carbons (Fsp3) is 0.417. The van der Waals surface area contributed by atoms with Crippen molar-refractivity contribution in [3.05, 3.63) is 29.3 Å². The molecule has 1 aliphatic heterocycles. The van der Waals surface area contributed by atoms with E-state index in [4.69, 9.17) is 5.26 Å². The maximum absolute atomic E-state index is 12.6. The zero-order valence-corrected chi connectivity index (χ0v) is 9.62. The zero-order valence-electron chi connectivity index (χ0n) is 9.62. The summed E-state index contributed by atoms with van der Waals surface area (Å²) in [5.41, 5.74) is -1.62. The molecular weight excluding hydrogens is 245 g/mol. The van der Waals surface area contributed by atoms with Crippen LogP contribution in [0.5, 0.6) is 0 Å². The summed E-state index contributed by atoms with van der Waals surface area (Å²) in [6.07, 6.45) is -4.52. The Labute approximate surface area is 102 Å². The van der Waals surface area contributed by atoms with Gasteiger partial charge in [0, 0.05) is 18.8 Å². The van der Waals surface area contributed by atoms with Crippen molar-refractivity contribution in [2.45, 2.75) is 18.7 Å². The molecule has 0 bridgehead atoms. The van der Waals surface area contributed by atoms with Gasteiger partial charge in [-0.25, -0.2) is 0 Å². The molecule has 6 heteroatoms. The van der Waals surface area contributed by atoms with Crippen LogP contribution in [0.4, 0.5) is 18.9 Å². The smallest absolute Gasteiger partial charge is 0.386 e. The fourth-order valence-electron chi connectivity index (χ4n) is 2.03. The number of anilines is 1.